The standard InChI is InChI=1S/C31H31FN6O/c32-23-14-21(15-24(17-23)39-13-12-38-10-1-2-11-38)25-4-3-5-28-26(25)18-29(35-28)30-27-16-22(19-34-31(27)37-36-30)20-6-8-33-9-7-20/h3-6,14-19,33,35H,1-2,7-13H2,(H,34,36,37). The topological polar surface area (TPSA) is 81.9 Å². The molecule has 0 bridgehead atoms. The van der Waals surface area contributed by atoms with Gasteiger partial charge in [0.25, 0.3) is 0 Å². The fourth-order valence-electron chi connectivity index (χ4n) is 5.81. The van der Waals surface area contributed by atoms with Gasteiger partial charge in [-0.15, -0.1) is 0 Å². The summed E-state index contributed by atoms with van der Waals surface area (Å²) < 4.78 is 20.7. The monoisotopic (exact) mass is 522 g/mol. The summed E-state index contributed by atoms with van der Waals surface area (Å²) in [5, 5.41) is 13.0. The highest BCUT2D eigenvalue weighted by Gasteiger charge is 2.17. The third kappa shape index (κ3) is 4.82. The first-order valence-corrected chi connectivity index (χ1v) is 13.7. The normalized spacial score (nSPS) is 16.3. The number of benzene rings is 2. The van der Waals surface area contributed by atoms with Gasteiger partial charge in [0.1, 0.15) is 18.2 Å². The molecule has 5 aromatic rings. The van der Waals surface area contributed by atoms with Crippen LogP contribution in [0.4, 0.5) is 4.39 Å². The highest BCUT2D eigenvalue weighted by Crippen LogP contribution is 2.36. The van der Waals surface area contributed by atoms with Gasteiger partial charge in [-0.3, -0.25) is 10.00 Å². The Balaban J connectivity index is 1.22. The number of aromatic nitrogens is 4. The average Bonchev–Trinajstić information content (AvgIpc) is 3.72. The lowest BCUT2D eigenvalue weighted by atomic mass is 10.00. The van der Waals surface area contributed by atoms with Crippen LogP contribution in [-0.2, 0) is 0 Å². The number of halogens is 1. The van der Waals surface area contributed by atoms with Crippen molar-refractivity contribution in [2.75, 3.05) is 39.3 Å². The quantitative estimate of drug-likeness (QED) is 0.253. The van der Waals surface area contributed by atoms with Crippen molar-refractivity contribution >= 4 is 27.5 Å². The van der Waals surface area contributed by atoms with Crippen molar-refractivity contribution < 1.29 is 9.13 Å². The van der Waals surface area contributed by atoms with Gasteiger partial charge >= 0.3 is 0 Å². The van der Waals surface area contributed by atoms with E-state index in [1.807, 2.05) is 30.5 Å². The summed E-state index contributed by atoms with van der Waals surface area (Å²) in [6.45, 7) is 5.50. The largest absolute Gasteiger partial charge is 0.492 e. The number of pyridine rings is 1. The van der Waals surface area contributed by atoms with E-state index in [-0.39, 0.29) is 5.82 Å². The lowest BCUT2D eigenvalue weighted by Gasteiger charge is -2.15. The highest BCUT2D eigenvalue weighted by atomic mass is 19.1. The van der Waals surface area contributed by atoms with Crippen LogP contribution in [0.3, 0.4) is 0 Å². The molecule has 0 atom stereocenters. The van der Waals surface area contributed by atoms with E-state index in [1.165, 1.54) is 24.5 Å². The summed E-state index contributed by atoms with van der Waals surface area (Å²) in [7, 11) is 0. The zero-order chi connectivity index (χ0) is 26.2. The number of fused-ring (bicyclic) bond motifs is 2. The molecule has 0 amide bonds. The predicted molar refractivity (Wildman–Crippen MR) is 153 cm³/mol. The minimum absolute atomic E-state index is 0.304. The Bertz CT molecular complexity index is 1680. The van der Waals surface area contributed by atoms with E-state index in [1.54, 1.807) is 6.07 Å². The van der Waals surface area contributed by atoms with Crippen molar-refractivity contribution in [3.63, 3.8) is 0 Å². The van der Waals surface area contributed by atoms with Gasteiger partial charge in [-0.1, -0.05) is 18.2 Å². The number of aromatic amines is 2. The maximum Gasteiger partial charge on any atom is 0.181 e. The number of nitrogens with one attached hydrogen (secondary N) is 3. The highest BCUT2D eigenvalue weighted by molar-refractivity contribution is 6.01. The molecule has 1 saturated heterocycles. The van der Waals surface area contributed by atoms with E-state index >= 15 is 0 Å². The van der Waals surface area contributed by atoms with E-state index in [4.69, 9.17) is 4.74 Å². The number of hydrogen-bond acceptors (Lipinski definition) is 5. The van der Waals surface area contributed by atoms with Crippen LogP contribution in [0.5, 0.6) is 5.75 Å². The molecule has 1 fully saturated rings. The molecule has 0 radical (unpaired) electrons. The zero-order valence-electron chi connectivity index (χ0n) is 21.8. The first-order valence-electron chi connectivity index (χ1n) is 13.7. The zero-order valence-corrected chi connectivity index (χ0v) is 21.8. The van der Waals surface area contributed by atoms with Crippen LogP contribution in [0.1, 0.15) is 24.8 Å². The van der Waals surface area contributed by atoms with Crippen molar-refractivity contribution in [2.24, 2.45) is 0 Å². The Kier molecular flexibility index (Phi) is 6.34. The van der Waals surface area contributed by atoms with Crippen LogP contribution in [0.15, 0.2) is 60.8 Å². The van der Waals surface area contributed by atoms with Gasteiger partial charge in [-0.2, -0.15) is 5.10 Å². The molecule has 3 aromatic heterocycles. The van der Waals surface area contributed by atoms with Gasteiger partial charge in [0, 0.05) is 41.6 Å². The second kappa shape index (κ2) is 10.3. The lowest BCUT2D eigenvalue weighted by molar-refractivity contribution is 0.237. The molecular weight excluding hydrogens is 491 g/mol. The molecular formula is C31H31FN6O. The van der Waals surface area contributed by atoms with Crippen LogP contribution in [0.25, 0.3) is 50.0 Å². The summed E-state index contributed by atoms with van der Waals surface area (Å²) in [4.78, 5) is 10.5. The summed E-state index contributed by atoms with van der Waals surface area (Å²) >= 11 is 0. The Labute approximate surface area is 226 Å². The number of hydrogen-bond donors (Lipinski definition) is 3. The van der Waals surface area contributed by atoms with Gasteiger partial charge in [-0.25, -0.2) is 9.37 Å². The first kappa shape index (κ1) is 24.1. The third-order valence-corrected chi connectivity index (χ3v) is 7.84. The van der Waals surface area contributed by atoms with Gasteiger partial charge in [0.15, 0.2) is 5.65 Å². The molecule has 39 heavy (non-hydrogen) atoms. The number of rotatable bonds is 7. The Morgan fingerprint density at radius 2 is 1.92 bits per heavy atom. The molecule has 2 aliphatic rings. The SMILES string of the molecule is Fc1cc(OCCN2CCCC2)cc(-c2cccc3[nH]c(-c4[nH]nc5ncc(C6=CCNCC6)cc45)cc23)c1. The van der Waals surface area contributed by atoms with Crippen LogP contribution in [-0.4, -0.2) is 64.4 Å². The molecule has 0 saturated carbocycles. The number of nitrogens with zero attached hydrogens (tertiary/aromatic N) is 3. The van der Waals surface area contributed by atoms with E-state index < -0.39 is 0 Å². The van der Waals surface area contributed by atoms with Gasteiger partial charge in [0.05, 0.1) is 11.4 Å². The summed E-state index contributed by atoms with van der Waals surface area (Å²) in [5.74, 6) is 0.254. The van der Waals surface area contributed by atoms with Crippen LogP contribution in [0.2, 0.25) is 0 Å². The van der Waals surface area contributed by atoms with Crippen LogP contribution >= 0.6 is 0 Å². The molecule has 0 unspecified atom stereocenters. The van der Waals surface area contributed by atoms with Crippen LogP contribution in [0, 0.1) is 5.82 Å². The summed E-state index contributed by atoms with van der Waals surface area (Å²) in [6.07, 6.45) is 7.60. The Morgan fingerprint density at radius 1 is 1.00 bits per heavy atom. The summed E-state index contributed by atoms with van der Waals surface area (Å²) in [5.41, 5.74) is 7.62. The second-order valence-corrected chi connectivity index (χ2v) is 10.4. The van der Waals surface area contributed by atoms with Crippen molar-refractivity contribution in [1.29, 1.82) is 0 Å². The first-order chi connectivity index (χ1) is 19.2. The number of likely N-dealkylation sites (tertiary alicyclic amines) is 1. The van der Waals surface area contributed by atoms with Crippen molar-refractivity contribution in [3.8, 4) is 28.3 Å². The van der Waals surface area contributed by atoms with E-state index in [9.17, 15) is 4.39 Å². The maximum absolute atomic E-state index is 14.7. The van der Waals surface area contributed by atoms with E-state index in [0.29, 0.717) is 18.0 Å². The van der Waals surface area contributed by atoms with Crippen molar-refractivity contribution in [3.05, 3.63) is 72.2 Å². The van der Waals surface area contributed by atoms with Gasteiger partial charge in [-0.05, 0) is 91.5 Å². The van der Waals surface area contributed by atoms with Crippen LogP contribution < -0.4 is 10.1 Å². The minimum atomic E-state index is -0.304. The number of H-pyrrole nitrogens is 2. The Morgan fingerprint density at radius 3 is 2.79 bits per heavy atom. The molecule has 7 rings (SSSR count). The molecule has 8 heteroatoms. The van der Waals surface area contributed by atoms with Crippen molar-refractivity contribution in [1.82, 2.24) is 30.4 Å². The molecule has 2 aromatic carbocycles. The molecule has 3 N–H and O–H groups in total. The smallest absolute Gasteiger partial charge is 0.181 e. The molecule has 5 heterocycles. The van der Waals surface area contributed by atoms with E-state index in [2.05, 4.69) is 48.6 Å². The molecule has 0 spiro atoms. The minimum Gasteiger partial charge on any atom is -0.492 e. The van der Waals surface area contributed by atoms with Gasteiger partial charge in [0.2, 0.25) is 0 Å². The summed E-state index contributed by atoms with van der Waals surface area (Å²) in [6, 6.07) is 15.3. The molecule has 7 nitrogen and oxygen atoms in total. The fourth-order valence-corrected chi connectivity index (χ4v) is 5.81. The average molecular weight is 523 g/mol. The Hall–Kier alpha value is -4.01. The van der Waals surface area contributed by atoms with Gasteiger partial charge < -0.3 is 15.0 Å². The van der Waals surface area contributed by atoms with E-state index in [0.717, 1.165) is 83.5 Å². The molecule has 0 aliphatic carbocycles. The molecule has 198 valence electrons. The maximum atomic E-state index is 14.7. The third-order valence-electron chi connectivity index (χ3n) is 7.84. The number of ether oxygens (including phenoxy) is 1. The predicted octanol–water partition coefficient (Wildman–Crippen LogP) is 5.76. The molecule has 2 aliphatic heterocycles. The fraction of sp³-hybridized carbons (Fsp3) is 0.290. The lowest BCUT2D eigenvalue weighted by Crippen LogP contribution is -2.25. The van der Waals surface area contributed by atoms with Crippen molar-refractivity contribution in [2.45, 2.75) is 19.3 Å². The second-order valence-electron chi connectivity index (χ2n) is 10.4.